The Hall–Kier alpha value is -2.52. The van der Waals surface area contributed by atoms with Gasteiger partial charge in [-0.05, 0) is 35.7 Å². The minimum absolute atomic E-state index is 0.0618. The number of aromatic nitrogens is 1. The second kappa shape index (κ2) is 8.69. The van der Waals surface area contributed by atoms with Crippen molar-refractivity contribution < 1.29 is 14.0 Å². The van der Waals surface area contributed by atoms with E-state index in [4.69, 9.17) is 9.51 Å². The lowest BCUT2D eigenvalue weighted by molar-refractivity contribution is 0.185. The molecular formula is C25H26NO3P. The zero-order valence-electron chi connectivity index (χ0n) is 17.3. The van der Waals surface area contributed by atoms with Crippen LogP contribution >= 0.6 is 7.60 Å². The van der Waals surface area contributed by atoms with Gasteiger partial charge in [-0.15, -0.1) is 0 Å². The van der Waals surface area contributed by atoms with Gasteiger partial charge in [-0.1, -0.05) is 73.7 Å². The van der Waals surface area contributed by atoms with E-state index in [1.165, 1.54) is 10.8 Å². The summed E-state index contributed by atoms with van der Waals surface area (Å²) >= 11 is 0. The van der Waals surface area contributed by atoms with E-state index in [1.54, 1.807) is 0 Å². The van der Waals surface area contributed by atoms with Crippen LogP contribution in [0.1, 0.15) is 26.0 Å². The highest BCUT2D eigenvalue weighted by Crippen LogP contribution is 2.44. The Morgan fingerprint density at radius 1 is 0.933 bits per heavy atom. The van der Waals surface area contributed by atoms with Crippen LogP contribution in [-0.4, -0.2) is 22.1 Å². The van der Waals surface area contributed by atoms with E-state index in [-0.39, 0.29) is 12.3 Å². The molecule has 2 atom stereocenters. The molecule has 154 valence electrons. The lowest BCUT2D eigenvalue weighted by Crippen LogP contribution is -2.08. The molecule has 0 bridgehead atoms. The highest BCUT2D eigenvalue weighted by Gasteiger charge is 2.22. The average molecular weight is 419 g/mol. The molecule has 0 radical (unpaired) electrons. The third-order valence-electron chi connectivity index (χ3n) is 5.43. The molecule has 2 unspecified atom stereocenters. The second-order valence-electron chi connectivity index (χ2n) is 7.64. The summed E-state index contributed by atoms with van der Waals surface area (Å²) in [6.45, 7) is 3.75. The standard InChI is InChI=1S/C25H26NO3P/c1-3-18(2)29-30(27,28)17-16-21-15-14-20-10-7-13-24(25(20)26-21)23-12-6-9-19-8-4-5-11-22(19)23/h4-15,18H,3,16-17H2,1-2H3,(H,27,28). The fraction of sp³-hybridized carbons (Fsp3) is 0.240. The Balaban J connectivity index is 1.70. The minimum Gasteiger partial charge on any atom is -0.324 e. The van der Waals surface area contributed by atoms with Crippen LogP contribution in [0.4, 0.5) is 0 Å². The van der Waals surface area contributed by atoms with Gasteiger partial charge in [-0.2, -0.15) is 0 Å². The maximum atomic E-state index is 12.4. The van der Waals surface area contributed by atoms with Crippen molar-refractivity contribution in [3.8, 4) is 11.1 Å². The SMILES string of the molecule is CCC(C)OP(=O)(O)CCc1ccc2cccc(-c3cccc4ccccc34)c2n1. The number of fused-ring (bicyclic) bond motifs is 2. The van der Waals surface area contributed by atoms with E-state index in [2.05, 4.69) is 36.4 Å². The number of aryl methyl sites for hydroxylation is 1. The molecule has 1 N–H and O–H groups in total. The maximum Gasteiger partial charge on any atom is 0.328 e. The third kappa shape index (κ3) is 4.46. The summed E-state index contributed by atoms with van der Waals surface area (Å²) in [5.74, 6) is 0. The Labute approximate surface area is 177 Å². The molecule has 4 rings (SSSR count). The summed E-state index contributed by atoms with van der Waals surface area (Å²) < 4.78 is 17.7. The molecule has 1 aromatic heterocycles. The number of pyridine rings is 1. The van der Waals surface area contributed by atoms with E-state index in [1.807, 2.05) is 50.2 Å². The van der Waals surface area contributed by atoms with Gasteiger partial charge in [0.1, 0.15) is 0 Å². The van der Waals surface area contributed by atoms with E-state index in [9.17, 15) is 9.46 Å². The minimum atomic E-state index is -3.63. The largest absolute Gasteiger partial charge is 0.328 e. The van der Waals surface area contributed by atoms with Crippen molar-refractivity contribution in [3.05, 3.63) is 78.5 Å². The molecule has 5 heteroatoms. The molecule has 1 heterocycles. The van der Waals surface area contributed by atoms with Crippen LogP contribution in [0.2, 0.25) is 0 Å². The van der Waals surface area contributed by atoms with Gasteiger partial charge in [0.2, 0.25) is 0 Å². The molecule has 30 heavy (non-hydrogen) atoms. The van der Waals surface area contributed by atoms with Crippen molar-refractivity contribution in [2.75, 3.05) is 6.16 Å². The topological polar surface area (TPSA) is 59.4 Å². The van der Waals surface area contributed by atoms with E-state index in [0.717, 1.165) is 27.7 Å². The molecule has 0 spiro atoms. The Morgan fingerprint density at radius 2 is 1.63 bits per heavy atom. The molecule has 0 amide bonds. The van der Waals surface area contributed by atoms with Crippen LogP contribution in [0.3, 0.4) is 0 Å². The fourth-order valence-corrected chi connectivity index (χ4v) is 5.00. The Bertz CT molecular complexity index is 1230. The molecule has 0 aliphatic heterocycles. The van der Waals surface area contributed by atoms with Crippen LogP contribution in [0.5, 0.6) is 0 Å². The fourth-order valence-electron chi connectivity index (χ4n) is 3.67. The first-order valence-electron chi connectivity index (χ1n) is 10.3. The predicted octanol–water partition coefficient (Wildman–Crippen LogP) is 6.60. The van der Waals surface area contributed by atoms with Gasteiger partial charge >= 0.3 is 7.60 Å². The summed E-state index contributed by atoms with van der Waals surface area (Å²) in [6, 6.07) is 24.8. The average Bonchev–Trinajstić information content (AvgIpc) is 2.76. The van der Waals surface area contributed by atoms with Crippen LogP contribution in [0, 0.1) is 0 Å². The van der Waals surface area contributed by atoms with Gasteiger partial charge in [0.15, 0.2) is 0 Å². The number of rotatable bonds is 7. The molecule has 0 saturated heterocycles. The summed E-state index contributed by atoms with van der Waals surface area (Å²) in [5, 5.41) is 3.42. The van der Waals surface area contributed by atoms with Gasteiger partial charge in [-0.3, -0.25) is 9.55 Å². The first kappa shape index (κ1) is 20.7. The van der Waals surface area contributed by atoms with Crippen molar-refractivity contribution in [1.29, 1.82) is 0 Å². The predicted molar refractivity (Wildman–Crippen MR) is 124 cm³/mol. The summed E-state index contributed by atoms with van der Waals surface area (Å²) in [6.07, 6.45) is 0.923. The second-order valence-corrected chi connectivity index (χ2v) is 9.57. The van der Waals surface area contributed by atoms with Gasteiger partial charge in [-0.25, -0.2) is 0 Å². The van der Waals surface area contributed by atoms with E-state index < -0.39 is 7.60 Å². The van der Waals surface area contributed by atoms with Crippen LogP contribution < -0.4 is 0 Å². The summed E-state index contributed by atoms with van der Waals surface area (Å²) in [7, 11) is -3.63. The zero-order chi connectivity index (χ0) is 21.1. The maximum absolute atomic E-state index is 12.4. The van der Waals surface area contributed by atoms with Gasteiger partial charge in [0, 0.05) is 23.1 Å². The van der Waals surface area contributed by atoms with Crippen LogP contribution in [0.25, 0.3) is 32.8 Å². The van der Waals surface area contributed by atoms with Gasteiger partial charge in [0.25, 0.3) is 0 Å². The van der Waals surface area contributed by atoms with Crippen molar-refractivity contribution in [1.82, 2.24) is 4.98 Å². The Morgan fingerprint density at radius 3 is 2.43 bits per heavy atom. The van der Waals surface area contributed by atoms with E-state index in [0.29, 0.717) is 12.8 Å². The molecule has 0 aliphatic rings. The normalized spacial score (nSPS) is 14.6. The molecule has 3 aromatic carbocycles. The quantitative estimate of drug-likeness (QED) is 0.343. The monoisotopic (exact) mass is 419 g/mol. The number of para-hydroxylation sites is 1. The zero-order valence-corrected chi connectivity index (χ0v) is 18.2. The Kier molecular flexibility index (Phi) is 6.01. The first-order chi connectivity index (χ1) is 14.5. The smallest absolute Gasteiger partial charge is 0.324 e. The highest BCUT2D eigenvalue weighted by molar-refractivity contribution is 7.52. The summed E-state index contributed by atoms with van der Waals surface area (Å²) in [4.78, 5) is 15.0. The van der Waals surface area contributed by atoms with Gasteiger partial charge in [0.05, 0.1) is 17.8 Å². The number of hydrogen-bond acceptors (Lipinski definition) is 3. The highest BCUT2D eigenvalue weighted by atomic mass is 31.2. The molecule has 0 aliphatic carbocycles. The number of hydrogen-bond donors (Lipinski definition) is 1. The molecule has 4 nitrogen and oxygen atoms in total. The van der Waals surface area contributed by atoms with Crippen molar-refractivity contribution in [2.45, 2.75) is 32.8 Å². The van der Waals surface area contributed by atoms with Crippen molar-refractivity contribution >= 4 is 29.3 Å². The first-order valence-corrected chi connectivity index (χ1v) is 12.1. The summed E-state index contributed by atoms with van der Waals surface area (Å²) in [5.41, 5.74) is 3.89. The lowest BCUT2D eigenvalue weighted by atomic mass is 9.96. The number of benzene rings is 3. The van der Waals surface area contributed by atoms with Gasteiger partial charge < -0.3 is 9.42 Å². The van der Waals surface area contributed by atoms with Crippen LogP contribution in [0.15, 0.2) is 72.8 Å². The lowest BCUT2D eigenvalue weighted by Gasteiger charge is -2.16. The van der Waals surface area contributed by atoms with Crippen molar-refractivity contribution in [2.24, 2.45) is 0 Å². The molecular weight excluding hydrogens is 393 g/mol. The van der Waals surface area contributed by atoms with E-state index >= 15 is 0 Å². The molecule has 4 aromatic rings. The molecule has 0 saturated carbocycles. The molecule has 0 fully saturated rings. The van der Waals surface area contributed by atoms with Crippen LogP contribution in [-0.2, 0) is 15.5 Å². The number of nitrogens with zero attached hydrogens (tertiary/aromatic N) is 1. The third-order valence-corrected chi connectivity index (χ3v) is 6.91. The van der Waals surface area contributed by atoms with Crippen molar-refractivity contribution in [3.63, 3.8) is 0 Å².